The fourth-order valence-corrected chi connectivity index (χ4v) is 2.63. The van der Waals surface area contributed by atoms with Crippen molar-refractivity contribution in [1.82, 2.24) is 9.88 Å². The fourth-order valence-electron chi connectivity index (χ4n) is 2.10. The van der Waals surface area contributed by atoms with Gasteiger partial charge in [-0.05, 0) is 37.7 Å². The molecule has 1 amide bonds. The molecule has 19 heavy (non-hydrogen) atoms. The molecule has 1 aromatic heterocycles. The molecule has 2 aliphatic carbocycles. The molecular weight excluding hydrogens is 266 g/mol. The van der Waals surface area contributed by atoms with Gasteiger partial charge in [-0.2, -0.15) is 0 Å². The maximum Gasteiger partial charge on any atom is 0.267 e. The summed E-state index contributed by atoms with van der Waals surface area (Å²) in [5, 5.41) is 7.97. The van der Waals surface area contributed by atoms with E-state index >= 15 is 0 Å². The molecular formula is C12H17N3O3S. The zero-order valence-electron chi connectivity index (χ0n) is 10.5. The smallest absolute Gasteiger partial charge is 0.267 e. The van der Waals surface area contributed by atoms with Crippen LogP contribution in [0.4, 0.5) is 0 Å². The monoisotopic (exact) mass is 283 g/mol. The molecule has 1 aromatic rings. The predicted molar refractivity (Wildman–Crippen MR) is 69.1 cm³/mol. The van der Waals surface area contributed by atoms with Gasteiger partial charge in [-0.25, -0.2) is 13.6 Å². The normalized spacial score (nSPS) is 19.4. The zero-order chi connectivity index (χ0) is 13.6. The number of nitrogens with one attached hydrogen (secondary N) is 1. The maximum atomic E-state index is 12.1. The minimum absolute atomic E-state index is 0.0102. The standard InChI is InChI=1S/C12H17N3O3S/c13-19(17,18)10-5-11(15(7-10)9-3-4-9)12(16)14-6-8-1-2-8/h5,7-9H,1-4,6H2,(H,14,16)(H2,13,17,18). The molecule has 0 aromatic carbocycles. The third-order valence-electron chi connectivity index (χ3n) is 3.57. The Balaban J connectivity index is 1.85. The van der Waals surface area contributed by atoms with Gasteiger partial charge in [0.2, 0.25) is 10.0 Å². The summed E-state index contributed by atoms with van der Waals surface area (Å²) >= 11 is 0. The first-order chi connectivity index (χ1) is 8.95. The van der Waals surface area contributed by atoms with Gasteiger partial charge in [-0.3, -0.25) is 4.79 Å². The summed E-state index contributed by atoms with van der Waals surface area (Å²) in [4.78, 5) is 12.1. The van der Waals surface area contributed by atoms with Gasteiger partial charge < -0.3 is 9.88 Å². The highest BCUT2D eigenvalue weighted by atomic mass is 32.2. The molecule has 2 saturated carbocycles. The van der Waals surface area contributed by atoms with E-state index in [0.717, 1.165) is 25.7 Å². The van der Waals surface area contributed by atoms with Crippen LogP contribution in [0.25, 0.3) is 0 Å². The van der Waals surface area contributed by atoms with Crippen LogP contribution < -0.4 is 10.5 Å². The van der Waals surface area contributed by atoms with E-state index in [9.17, 15) is 13.2 Å². The van der Waals surface area contributed by atoms with Crippen LogP contribution in [0, 0.1) is 5.92 Å². The summed E-state index contributed by atoms with van der Waals surface area (Å²) in [7, 11) is -3.76. The van der Waals surface area contributed by atoms with Gasteiger partial charge >= 0.3 is 0 Å². The van der Waals surface area contributed by atoms with E-state index in [4.69, 9.17) is 5.14 Å². The van der Waals surface area contributed by atoms with Crippen molar-refractivity contribution < 1.29 is 13.2 Å². The van der Waals surface area contributed by atoms with E-state index in [0.29, 0.717) is 18.2 Å². The van der Waals surface area contributed by atoms with Crippen LogP contribution in [0.1, 0.15) is 42.2 Å². The van der Waals surface area contributed by atoms with E-state index in [1.165, 1.54) is 12.3 Å². The lowest BCUT2D eigenvalue weighted by atomic mass is 10.3. The molecule has 0 saturated heterocycles. The Bertz CT molecular complexity index is 612. The van der Waals surface area contributed by atoms with Gasteiger partial charge in [0.05, 0.1) is 0 Å². The van der Waals surface area contributed by atoms with Crippen molar-refractivity contribution in [3.8, 4) is 0 Å². The predicted octanol–water partition coefficient (Wildman–Crippen LogP) is 0.610. The van der Waals surface area contributed by atoms with Crippen LogP contribution in [-0.2, 0) is 10.0 Å². The second-order valence-corrected chi connectivity index (χ2v) is 6.96. The lowest BCUT2D eigenvalue weighted by molar-refractivity contribution is 0.0942. The second kappa shape index (κ2) is 4.35. The quantitative estimate of drug-likeness (QED) is 0.829. The van der Waals surface area contributed by atoms with Crippen LogP contribution in [0.5, 0.6) is 0 Å². The highest BCUT2D eigenvalue weighted by Crippen LogP contribution is 2.37. The van der Waals surface area contributed by atoms with Crippen LogP contribution >= 0.6 is 0 Å². The third-order valence-corrected chi connectivity index (χ3v) is 4.45. The Kier molecular flexibility index (Phi) is 2.90. The van der Waals surface area contributed by atoms with E-state index < -0.39 is 10.0 Å². The number of sulfonamides is 1. The zero-order valence-corrected chi connectivity index (χ0v) is 11.3. The van der Waals surface area contributed by atoms with E-state index in [-0.39, 0.29) is 16.8 Å². The van der Waals surface area contributed by atoms with Crippen molar-refractivity contribution in [3.63, 3.8) is 0 Å². The Morgan fingerprint density at radius 1 is 1.37 bits per heavy atom. The number of amides is 1. The summed E-state index contributed by atoms with van der Waals surface area (Å²) in [5.74, 6) is 0.375. The molecule has 2 aliphatic rings. The second-order valence-electron chi connectivity index (χ2n) is 5.40. The van der Waals surface area contributed by atoms with Crippen LogP contribution in [0.3, 0.4) is 0 Å². The first-order valence-corrected chi connectivity index (χ1v) is 8.02. The number of carbonyl (C=O) groups excluding carboxylic acids is 1. The summed E-state index contributed by atoms with van der Waals surface area (Å²) in [5.41, 5.74) is 0.396. The molecule has 7 heteroatoms. The Morgan fingerprint density at radius 2 is 2.05 bits per heavy atom. The lowest BCUT2D eigenvalue weighted by Gasteiger charge is -2.07. The summed E-state index contributed by atoms with van der Waals surface area (Å²) in [6.07, 6.45) is 5.74. The molecule has 0 atom stereocenters. The van der Waals surface area contributed by atoms with Crippen LogP contribution in [-0.4, -0.2) is 25.4 Å². The summed E-state index contributed by atoms with van der Waals surface area (Å²) < 4.78 is 24.5. The lowest BCUT2D eigenvalue weighted by Crippen LogP contribution is -2.27. The molecule has 2 fully saturated rings. The van der Waals surface area contributed by atoms with Gasteiger partial charge in [-0.1, -0.05) is 0 Å². The Morgan fingerprint density at radius 3 is 2.58 bits per heavy atom. The number of carbonyl (C=O) groups is 1. The number of rotatable bonds is 5. The average Bonchev–Trinajstić information content (AvgIpc) is 3.23. The third kappa shape index (κ3) is 2.82. The molecule has 0 aliphatic heterocycles. The Labute approximate surface area is 112 Å². The van der Waals surface area contributed by atoms with Crippen LogP contribution in [0.2, 0.25) is 0 Å². The number of primary sulfonamides is 1. The molecule has 0 unspecified atom stereocenters. The highest BCUT2D eigenvalue weighted by Gasteiger charge is 2.30. The van der Waals surface area contributed by atoms with E-state index in [1.807, 2.05) is 0 Å². The molecule has 104 valence electrons. The molecule has 3 N–H and O–H groups in total. The van der Waals surface area contributed by atoms with Crippen molar-refractivity contribution in [2.24, 2.45) is 11.1 Å². The van der Waals surface area contributed by atoms with Crippen molar-refractivity contribution in [3.05, 3.63) is 18.0 Å². The van der Waals surface area contributed by atoms with Gasteiger partial charge in [0.1, 0.15) is 10.6 Å². The van der Waals surface area contributed by atoms with Gasteiger partial charge in [-0.15, -0.1) is 0 Å². The van der Waals surface area contributed by atoms with Crippen molar-refractivity contribution in [2.45, 2.75) is 36.6 Å². The van der Waals surface area contributed by atoms with Gasteiger partial charge in [0.25, 0.3) is 5.91 Å². The number of nitrogens with two attached hydrogens (primary N) is 1. The van der Waals surface area contributed by atoms with E-state index in [1.54, 1.807) is 4.57 Å². The Hall–Kier alpha value is -1.34. The van der Waals surface area contributed by atoms with Crippen molar-refractivity contribution >= 4 is 15.9 Å². The topological polar surface area (TPSA) is 94.2 Å². The summed E-state index contributed by atoms with van der Waals surface area (Å²) in [6, 6.07) is 1.60. The molecule has 6 nitrogen and oxygen atoms in total. The fraction of sp³-hybridized carbons (Fsp3) is 0.583. The highest BCUT2D eigenvalue weighted by molar-refractivity contribution is 7.89. The minimum Gasteiger partial charge on any atom is -0.350 e. The molecule has 0 radical (unpaired) electrons. The molecule has 3 rings (SSSR count). The first-order valence-electron chi connectivity index (χ1n) is 6.48. The molecule has 0 bridgehead atoms. The van der Waals surface area contributed by atoms with Crippen molar-refractivity contribution in [2.75, 3.05) is 6.54 Å². The summed E-state index contributed by atoms with van der Waals surface area (Å²) in [6.45, 7) is 0.666. The average molecular weight is 283 g/mol. The minimum atomic E-state index is -3.76. The first kappa shape index (κ1) is 12.7. The SMILES string of the molecule is NS(=O)(=O)c1cc(C(=O)NCC2CC2)n(C2CC2)c1. The number of nitrogens with zero attached hydrogens (tertiary/aromatic N) is 1. The largest absolute Gasteiger partial charge is 0.350 e. The number of hydrogen-bond acceptors (Lipinski definition) is 3. The maximum absolute atomic E-state index is 12.1. The number of hydrogen-bond donors (Lipinski definition) is 2. The van der Waals surface area contributed by atoms with Crippen LogP contribution in [0.15, 0.2) is 17.2 Å². The van der Waals surface area contributed by atoms with Gasteiger partial charge in [0.15, 0.2) is 0 Å². The number of aromatic nitrogens is 1. The van der Waals surface area contributed by atoms with Gasteiger partial charge in [0, 0.05) is 18.8 Å². The van der Waals surface area contributed by atoms with Crippen molar-refractivity contribution in [1.29, 1.82) is 0 Å². The van der Waals surface area contributed by atoms with E-state index in [2.05, 4.69) is 5.32 Å². The molecule has 0 spiro atoms. The molecule has 1 heterocycles.